The highest BCUT2D eigenvalue weighted by atomic mass is 16.5. The molecule has 2 heterocycles. The van der Waals surface area contributed by atoms with Gasteiger partial charge in [-0.1, -0.05) is 0 Å². The lowest BCUT2D eigenvalue weighted by Crippen LogP contribution is -2.03. The third kappa shape index (κ3) is 1.95. The van der Waals surface area contributed by atoms with Crippen molar-refractivity contribution in [2.75, 3.05) is 5.73 Å². The third-order valence-corrected chi connectivity index (χ3v) is 2.49. The van der Waals surface area contributed by atoms with Crippen molar-refractivity contribution in [1.29, 1.82) is 0 Å². The van der Waals surface area contributed by atoms with Gasteiger partial charge >= 0.3 is 0 Å². The van der Waals surface area contributed by atoms with E-state index in [1.165, 1.54) is 0 Å². The van der Waals surface area contributed by atoms with Crippen molar-refractivity contribution in [3.8, 4) is 5.75 Å². The molecule has 0 saturated carbocycles. The van der Waals surface area contributed by atoms with Gasteiger partial charge in [-0.05, 0) is 36.4 Å². The van der Waals surface area contributed by atoms with Gasteiger partial charge in [0.1, 0.15) is 12.4 Å². The Kier molecular flexibility index (Phi) is 2.53. The Hall–Kier alpha value is -2.63. The van der Waals surface area contributed by atoms with Crippen molar-refractivity contribution in [2.45, 2.75) is 6.61 Å². The molecule has 2 N–H and O–H groups in total. The van der Waals surface area contributed by atoms with Crippen LogP contribution in [0.1, 0.15) is 5.82 Å². The van der Waals surface area contributed by atoms with E-state index in [0.717, 1.165) is 5.75 Å². The maximum absolute atomic E-state index is 5.60. The molecule has 3 aromatic rings. The number of ether oxygens (including phenoxy) is 1. The normalized spacial score (nSPS) is 10.7. The Bertz CT molecular complexity index is 662. The van der Waals surface area contributed by atoms with Crippen molar-refractivity contribution in [3.63, 3.8) is 0 Å². The highest BCUT2D eigenvalue weighted by Crippen LogP contribution is 2.14. The van der Waals surface area contributed by atoms with E-state index in [9.17, 15) is 0 Å². The van der Waals surface area contributed by atoms with Crippen LogP contribution in [0.15, 0.2) is 42.6 Å². The van der Waals surface area contributed by atoms with Crippen LogP contribution in [0.5, 0.6) is 5.75 Å². The Morgan fingerprint density at radius 2 is 1.94 bits per heavy atom. The molecule has 0 amide bonds. The molecule has 1 aromatic carbocycles. The highest BCUT2D eigenvalue weighted by molar-refractivity contribution is 5.41. The molecule has 0 bridgehead atoms. The van der Waals surface area contributed by atoms with Crippen molar-refractivity contribution in [1.82, 2.24) is 19.8 Å². The average molecular weight is 241 g/mol. The smallest absolute Gasteiger partial charge is 0.192 e. The van der Waals surface area contributed by atoms with Crippen LogP contribution in [0.3, 0.4) is 0 Å². The molecule has 6 nitrogen and oxygen atoms in total. The first-order valence-electron chi connectivity index (χ1n) is 5.46. The fraction of sp³-hybridized carbons (Fsp3) is 0.0833. The van der Waals surface area contributed by atoms with Gasteiger partial charge in [0.25, 0.3) is 0 Å². The van der Waals surface area contributed by atoms with Crippen LogP contribution in [-0.4, -0.2) is 19.8 Å². The zero-order valence-electron chi connectivity index (χ0n) is 9.52. The summed E-state index contributed by atoms with van der Waals surface area (Å²) in [5, 5.41) is 12.2. The van der Waals surface area contributed by atoms with Gasteiger partial charge in [-0.2, -0.15) is 9.61 Å². The van der Waals surface area contributed by atoms with Crippen LogP contribution >= 0.6 is 0 Å². The van der Waals surface area contributed by atoms with E-state index in [1.807, 2.05) is 24.3 Å². The molecule has 0 radical (unpaired) electrons. The molecule has 0 aliphatic heterocycles. The predicted octanol–water partition coefficient (Wildman–Crippen LogP) is 1.29. The zero-order valence-corrected chi connectivity index (χ0v) is 9.52. The van der Waals surface area contributed by atoms with Gasteiger partial charge in [0.15, 0.2) is 11.5 Å². The number of nitrogens with zero attached hydrogens (tertiary/aromatic N) is 4. The number of nitrogen functional groups attached to an aromatic ring is 1. The van der Waals surface area contributed by atoms with Crippen LogP contribution in [0.4, 0.5) is 5.69 Å². The molecule has 0 atom stereocenters. The van der Waals surface area contributed by atoms with Crippen molar-refractivity contribution in [3.05, 3.63) is 48.4 Å². The molecule has 2 aromatic heterocycles. The van der Waals surface area contributed by atoms with E-state index in [2.05, 4.69) is 15.3 Å². The standard InChI is InChI=1S/C12H11N5O/c13-9-3-5-10(6-4-9)18-8-12-16-15-11-2-1-7-14-17(11)12/h1-7H,8,13H2. The van der Waals surface area contributed by atoms with Gasteiger partial charge in [-0.15, -0.1) is 10.2 Å². The number of anilines is 1. The molecule has 18 heavy (non-hydrogen) atoms. The van der Waals surface area contributed by atoms with Crippen molar-refractivity contribution >= 4 is 11.3 Å². The molecule has 0 spiro atoms. The molecule has 0 aliphatic rings. The molecular formula is C12H11N5O. The molecule has 0 fully saturated rings. The summed E-state index contributed by atoms with van der Waals surface area (Å²) >= 11 is 0. The highest BCUT2D eigenvalue weighted by Gasteiger charge is 2.06. The number of hydrogen-bond acceptors (Lipinski definition) is 5. The zero-order chi connectivity index (χ0) is 12.4. The Morgan fingerprint density at radius 1 is 1.11 bits per heavy atom. The number of nitrogens with two attached hydrogens (primary N) is 1. The second kappa shape index (κ2) is 4.33. The second-order valence-electron chi connectivity index (χ2n) is 3.77. The molecule has 0 unspecified atom stereocenters. The molecule has 0 saturated heterocycles. The molecule has 0 aliphatic carbocycles. The third-order valence-electron chi connectivity index (χ3n) is 2.49. The largest absolute Gasteiger partial charge is 0.486 e. The molecule has 6 heteroatoms. The van der Waals surface area contributed by atoms with Crippen LogP contribution in [0, 0.1) is 0 Å². The summed E-state index contributed by atoms with van der Waals surface area (Å²) in [6.45, 7) is 0.308. The fourth-order valence-electron chi connectivity index (χ4n) is 1.59. The maximum Gasteiger partial charge on any atom is 0.192 e. The summed E-state index contributed by atoms with van der Waals surface area (Å²) in [5.74, 6) is 1.39. The van der Waals surface area contributed by atoms with Crippen LogP contribution in [-0.2, 0) is 6.61 Å². The van der Waals surface area contributed by atoms with E-state index in [-0.39, 0.29) is 0 Å². The minimum atomic E-state index is 0.308. The van der Waals surface area contributed by atoms with E-state index in [4.69, 9.17) is 10.5 Å². The van der Waals surface area contributed by atoms with Gasteiger partial charge in [0, 0.05) is 11.9 Å². The fourth-order valence-corrected chi connectivity index (χ4v) is 1.59. The molecular weight excluding hydrogens is 230 g/mol. The average Bonchev–Trinajstić information content (AvgIpc) is 2.82. The lowest BCUT2D eigenvalue weighted by atomic mass is 10.3. The van der Waals surface area contributed by atoms with Crippen LogP contribution in [0.2, 0.25) is 0 Å². The van der Waals surface area contributed by atoms with Crippen LogP contribution < -0.4 is 10.5 Å². The van der Waals surface area contributed by atoms with Gasteiger partial charge in [0.05, 0.1) is 0 Å². The number of fused-ring (bicyclic) bond motifs is 1. The minimum Gasteiger partial charge on any atom is -0.486 e. The van der Waals surface area contributed by atoms with Gasteiger partial charge in [-0.25, -0.2) is 0 Å². The SMILES string of the molecule is Nc1ccc(OCc2nnc3cccnn23)cc1. The summed E-state index contributed by atoms with van der Waals surface area (Å²) in [5.41, 5.74) is 7.01. The van der Waals surface area contributed by atoms with Gasteiger partial charge in [0.2, 0.25) is 0 Å². The van der Waals surface area contributed by atoms with E-state index < -0.39 is 0 Å². The minimum absolute atomic E-state index is 0.308. The first-order chi connectivity index (χ1) is 8.83. The number of rotatable bonds is 3. The Balaban J connectivity index is 1.79. The van der Waals surface area contributed by atoms with Gasteiger partial charge < -0.3 is 10.5 Å². The van der Waals surface area contributed by atoms with E-state index >= 15 is 0 Å². The predicted molar refractivity (Wildman–Crippen MR) is 66.0 cm³/mol. The maximum atomic E-state index is 5.60. The Labute approximate surface area is 103 Å². The topological polar surface area (TPSA) is 78.3 Å². The Morgan fingerprint density at radius 3 is 2.78 bits per heavy atom. The monoisotopic (exact) mass is 241 g/mol. The summed E-state index contributed by atoms with van der Waals surface area (Å²) in [6.07, 6.45) is 1.68. The van der Waals surface area contributed by atoms with E-state index in [1.54, 1.807) is 22.8 Å². The summed E-state index contributed by atoms with van der Waals surface area (Å²) in [4.78, 5) is 0. The molecule has 90 valence electrons. The number of benzene rings is 1. The molecule has 3 rings (SSSR count). The summed E-state index contributed by atoms with van der Waals surface area (Å²) in [7, 11) is 0. The quantitative estimate of drug-likeness (QED) is 0.699. The summed E-state index contributed by atoms with van der Waals surface area (Å²) in [6, 6.07) is 10.9. The van der Waals surface area contributed by atoms with Crippen molar-refractivity contribution in [2.24, 2.45) is 0 Å². The van der Waals surface area contributed by atoms with Crippen LogP contribution in [0.25, 0.3) is 5.65 Å². The number of hydrogen-bond donors (Lipinski definition) is 1. The summed E-state index contributed by atoms with van der Waals surface area (Å²) < 4.78 is 7.24. The second-order valence-corrected chi connectivity index (χ2v) is 3.77. The van der Waals surface area contributed by atoms with E-state index in [0.29, 0.717) is 23.8 Å². The lowest BCUT2D eigenvalue weighted by Gasteiger charge is -2.04. The lowest BCUT2D eigenvalue weighted by molar-refractivity contribution is 0.292. The van der Waals surface area contributed by atoms with Gasteiger partial charge in [-0.3, -0.25) is 0 Å². The first kappa shape index (κ1) is 10.5. The van der Waals surface area contributed by atoms with Crippen molar-refractivity contribution < 1.29 is 4.74 Å². The number of aromatic nitrogens is 4. The first-order valence-corrected chi connectivity index (χ1v) is 5.46.